The fraction of sp³-hybridized carbons (Fsp3) is 0.243. The van der Waals surface area contributed by atoms with Crippen molar-refractivity contribution in [1.29, 1.82) is 0 Å². The van der Waals surface area contributed by atoms with E-state index < -0.39 is 25.2 Å². The van der Waals surface area contributed by atoms with Gasteiger partial charge in [-0.1, -0.05) is 116 Å². The van der Waals surface area contributed by atoms with E-state index in [0.29, 0.717) is 17.6 Å². The summed E-state index contributed by atoms with van der Waals surface area (Å²) in [6.45, 7) is 30.6. The monoisotopic (exact) mass is 1180 g/mol. The Morgan fingerprint density at radius 2 is 0.827 bits per heavy atom. The van der Waals surface area contributed by atoms with E-state index in [1.807, 2.05) is 26.0 Å². The van der Waals surface area contributed by atoms with Gasteiger partial charge in [0.1, 0.15) is 34.2 Å². The second-order valence-corrected chi connectivity index (χ2v) is 27.0. The third-order valence-electron chi connectivity index (χ3n) is 14.1. The molecule has 3 nitrogen and oxygen atoms in total. The fourth-order valence-electron chi connectivity index (χ4n) is 10.6. The molecule has 9 rings (SSSR count). The summed E-state index contributed by atoms with van der Waals surface area (Å²) < 4.78 is 7.66. The summed E-state index contributed by atoms with van der Waals surface area (Å²) in [6.07, 6.45) is 0. The van der Waals surface area contributed by atoms with Gasteiger partial charge in [0.2, 0.25) is 0 Å². The molecule has 1 N–H and O–H groups in total. The number of aromatic hydroxyl groups is 1. The van der Waals surface area contributed by atoms with Gasteiger partial charge in [0.25, 0.3) is 0 Å². The van der Waals surface area contributed by atoms with Crippen molar-refractivity contribution in [1.82, 2.24) is 4.98 Å². The van der Waals surface area contributed by atoms with Gasteiger partial charge in [0.15, 0.2) is 0 Å². The van der Waals surface area contributed by atoms with Crippen molar-refractivity contribution in [3.05, 3.63) is 250 Å². The summed E-state index contributed by atoms with van der Waals surface area (Å²) in [5.41, 5.74) is 18.9. The van der Waals surface area contributed by atoms with Crippen LogP contribution in [-0.4, -0.2) is 9.51 Å². The Morgan fingerprint density at radius 1 is 0.467 bits per heavy atom. The molecule has 1 aromatic heterocycles. The van der Waals surface area contributed by atoms with Crippen molar-refractivity contribution >= 4 is 38.6 Å². The second kappa shape index (κ2) is 25.0. The van der Waals surface area contributed by atoms with Crippen molar-refractivity contribution in [2.45, 2.75) is 114 Å². The zero-order valence-electron chi connectivity index (χ0n) is 46.8. The van der Waals surface area contributed by atoms with Crippen LogP contribution in [0.1, 0.15) is 115 Å². The van der Waals surface area contributed by atoms with E-state index in [4.69, 9.17) is 3.50 Å². The maximum absolute atomic E-state index is 12.3. The Morgan fingerprint density at radius 3 is 1.16 bits per heavy atom. The van der Waals surface area contributed by atoms with Crippen LogP contribution in [0.3, 0.4) is 0 Å². The molecule has 0 bridgehead atoms. The molecule has 1 heterocycles. The third kappa shape index (κ3) is 13.0. The first-order valence-corrected chi connectivity index (χ1v) is 31.2. The van der Waals surface area contributed by atoms with Gasteiger partial charge in [0, 0.05) is 11.1 Å². The quantitative estimate of drug-likeness (QED) is 0.131. The van der Waals surface area contributed by atoms with E-state index in [9.17, 15) is 5.11 Å². The van der Waals surface area contributed by atoms with Crippen molar-refractivity contribution < 1.29 is 23.0 Å². The molecule has 0 aliphatic carbocycles. The van der Waals surface area contributed by atoms with Gasteiger partial charge in [-0.2, -0.15) is 11.4 Å². The van der Waals surface area contributed by atoms with Crippen LogP contribution in [0.5, 0.6) is 5.75 Å². The maximum Gasteiger partial charge on any atom is 0.144 e. The van der Waals surface area contributed by atoms with Crippen LogP contribution >= 0.6 is 7.26 Å². The molecule has 0 atom stereocenters. The van der Waals surface area contributed by atoms with Crippen LogP contribution in [0.4, 0.5) is 5.69 Å². The summed E-state index contributed by atoms with van der Waals surface area (Å²) in [5, 5.41) is 17.4. The molecule has 0 aliphatic rings. The minimum atomic E-state index is -2.41. The van der Waals surface area contributed by atoms with Crippen molar-refractivity contribution in [2.24, 2.45) is 3.50 Å². The molecule has 0 saturated carbocycles. The van der Waals surface area contributed by atoms with E-state index in [2.05, 4.69) is 268 Å². The smallest absolute Gasteiger partial charge is 0.144 e. The van der Waals surface area contributed by atoms with Gasteiger partial charge in [-0.25, -0.2) is 0 Å². The molecular weight excluding hydrogens is 1100 g/mol. The summed E-state index contributed by atoms with van der Waals surface area (Å²) in [7, 11) is -2.41. The van der Waals surface area contributed by atoms with Crippen molar-refractivity contribution in [3.63, 3.8) is 0 Å². The maximum atomic E-state index is 12.3. The molecule has 9 aromatic rings. The summed E-state index contributed by atoms with van der Waals surface area (Å²) in [6, 6.07) is 67.9. The molecule has 0 radical (unpaired) electrons. The largest absolute Gasteiger partial charge is 0.665 e. The van der Waals surface area contributed by atoms with Crippen molar-refractivity contribution in [2.75, 3.05) is 0 Å². The number of benzene rings is 8. The Labute approximate surface area is 458 Å². The Kier molecular flexibility index (Phi) is 18.8. The third-order valence-corrected chi connectivity index (χ3v) is 21.9. The van der Waals surface area contributed by atoms with Crippen LogP contribution in [0.2, 0.25) is 0 Å². The van der Waals surface area contributed by atoms with Crippen molar-refractivity contribution in [3.8, 4) is 28.0 Å². The van der Waals surface area contributed by atoms with Gasteiger partial charge in [0.05, 0.1) is 0 Å². The molecule has 0 aliphatic heterocycles. The fourth-order valence-corrected chi connectivity index (χ4v) is 17.7. The average Bonchev–Trinajstić information content (AvgIpc) is 3.79. The number of aryl methyl sites for hydroxylation is 8. The minimum Gasteiger partial charge on any atom is -0.665 e. The standard InChI is InChI=1S/C42H39OP.C12H17N.C10H12.C6H8N.W/c1-28-22-30(3)40(31(4)23-28)38-26-37(27-39(42(38)43)41-32(5)24-29(2)25-33(41)6)44(34-16-10-7-11-17-34,35-18-12-8-13-19-35)36-20-14-9-15-21-36;1-8(2)10-6-5-7-11(9(3)4)12(10)13;1-10(2,3)9-7-5-4-6-8-9;1-5-3-4-6(2)7-5;/h7-27H,1-6H3;5-9H,1-4H3;1,4-8H,2-3H3;3-4H,1-2H3;/q;;;-1;/p+1. The van der Waals surface area contributed by atoms with Crippen LogP contribution in [-0.2, 0) is 23.3 Å². The van der Waals surface area contributed by atoms with E-state index in [-0.39, 0.29) is 5.41 Å². The SMILES string of the molecule is CC(C)c1cccc(C(C)C)c1[N]=[W]=[CH]C(C)(C)c1ccccc1.Cc1cc(C)c(-c2cc([P+](c3ccccc3)(c3ccccc3)c3ccccc3)cc(-c3c(C)cc(C)cc3C)c2O)c(C)c1.Cc1ccc(C)[n-]1. The number of hydrogen-bond acceptors (Lipinski definition) is 2. The number of rotatable bonds is 11. The summed E-state index contributed by atoms with van der Waals surface area (Å²) in [4.78, 5) is 4.11. The number of hydrogen-bond donors (Lipinski definition) is 1. The minimum absolute atomic E-state index is 0.0974. The number of phenolic OH excluding ortho intramolecular Hbond substituents is 1. The Hall–Kier alpha value is -6.37. The first-order chi connectivity index (χ1) is 35.8. The molecule has 0 saturated heterocycles. The molecule has 75 heavy (non-hydrogen) atoms. The molecule has 8 aromatic carbocycles. The zero-order valence-corrected chi connectivity index (χ0v) is 50.7. The average molecular weight is 1180 g/mol. The van der Waals surface area contributed by atoms with E-state index in [0.717, 1.165) is 33.6 Å². The molecule has 0 amide bonds. The second-order valence-electron chi connectivity index (χ2n) is 21.3. The van der Waals surface area contributed by atoms with E-state index >= 15 is 0 Å². The topological polar surface area (TPSA) is 46.7 Å². The number of aromatic nitrogens is 1. The van der Waals surface area contributed by atoms with Gasteiger partial charge in [-0.05, 0) is 123 Å². The molecule has 5 heteroatoms. The van der Waals surface area contributed by atoms with Gasteiger partial charge in [-0.15, -0.1) is 0 Å². The molecule has 0 unspecified atom stereocenters. The predicted molar refractivity (Wildman–Crippen MR) is 324 cm³/mol. The Bertz CT molecular complexity index is 3160. The molecular formula is C70H77N2OPW. The predicted octanol–water partition coefficient (Wildman–Crippen LogP) is 17.1. The van der Waals surface area contributed by atoms with Crippen LogP contribution in [0.25, 0.3) is 22.3 Å². The molecule has 0 fully saturated rings. The summed E-state index contributed by atoms with van der Waals surface area (Å²) >= 11 is -0.918. The zero-order chi connectivity index (χ0) is 54.0. The van der Waals surface area contributed by atoms with Gasteiger partial charge in [-0.3, -0.25) is 0 Å². The first-order valence-electron chi connectivity index (χ1n) is 26.4. The van der Waals surface area contributed by atoms with Gasteiger partial charge < -0.3 is 10.1 Å². The molecule has 384 valence electrons. The van der Waals surface area contributed by atoms with E-state index in [1.54, 1.807) is 0 Å². The number of nitrogens with zero attached hydrogens (tertiary/aromatic N) is 2. The summed E-state index contributed by atoms with van der Waals surface area (Å²) in [5.74, 6) is 1.37. The molecule has 0 spiro atoms. The van der Waals surface area contributed by atoms with Crippen LogP contribution < -0.4 is 26.2 Å². The van der Waals surface area contributed by atoms with Crippen LogP contribution in [0, 0.1) is 55.4 Å². The first kappa shape index (κ1) is 56.4. The van der Waals surface area contributed by atoms with E-state index in [1.165, 1.54) is 77.0 Å². The number of phenols is 1. The Balaban J connectivity index is 0.000000220. The normalized spacial score (nSPS) is 11.4. The van der Waals surface area contributed by atoms with Crippen LogP contribution in [0.15, 0.2) is 192 Å². The van der Waals surface area contributed by atoms with Gasteiger partial charge >= 0.3 is 156 Å².